The van der Waals surface area contributed by atoms with Crippen LogP contribution in [0.25, 0.3) is 0 Å². The average molecular weight is 153 g/mol. The summed E-state index contributed by atoms with van der Waals surface area (Å²) in [6.07, 6.45) is 4.58. The summed E-state index contributed by atoms with van der Waals surface area (Å²) < 4.78 is 0. The number of aldehydes is 1. The van der Waals surface area contributed by atoms with Gasteiger partial charge >= 0.3 is 0 Å². The predicted molar refractivity (Wildman–Crippen MR) is 39.1 cm³/mol. The van der Waals surface area contributed by atoms with E-state index in [-0.39, 0.29) is 12.2 Å². The lowest BCUT2D eigenvalue weighted by molar-refractivity contribution is -0.110. The van der Waals surface area contributed by atoms with Crippen molar-refractivity contribution in [2.45, 2.75) is 12.0 Å². The second-order valence-corrected chi connectivity index (χ2v) is 2.37. The highest BCUT2D eigenvalue weighted by Gasteiger charge is 2.28. The van der Waals surface area contributed by atoms with Gasteiger partial charge in [0.05, 0.1) is 0 Å². The Balaban J connectivity index is 2.87. The quantitative estimate of drug-likeness (QED) is 0.477. The maximum atomic E-state index is 10.4. The Morgan fingerprint density at radius 1 is 1.73 bits per heavy atom. The minimum absolute atomic E-state index is 0.0612. The fourth-order valence-electron chi connectivity index (χ4n) is 0.810. The Morgan fingerprint density at radius 3 is 2.82 bits per heavy atom. The molecule has 0 amide bonds. The van der Waals surface area contributed by atoms with Gasteiger partial charge in [0.25, 0.3) is 0 Å². The highest BCUT2D eigenvalue weighted by molar-refractivity contribution is 5.69. The van der Waals surface area contributed by atoms with Gasteiger partial charge in [-0.1, -0.05) is 5.18 Å². The molecular formula is C7H7NO3. The first kappa shape index (κ1) is 7.65. The zero-order chi connectivity index (χ0) is 8.32. The predicted octanol–water partition coefficient (Wildman–Crippen LogP) is 1.09. The van der Waals surface area contributed by atoms with Crippen molar-refractivity contribution < 1.29 is 9.90 Å². The van der Waals surface area contributed by atoms with Gasteiger partial charge in [-0.25, -0.2) is 0 Å². The van der Waals surface area contributed by atoms with Gasteiger partial charge in [-0.3, -0.25) is 0 Å². The Morgan fingerprint density at radius 2 is 2.45 bits per heavy atom. The van der Waals surface area contributed by atoms with E-state index in [2.05, 4.69) is 5.18 Å². The van der Waals surface area contributed by atoms with Gasteiger partial charge in [-0.15, -0.1) is 4.91 Å². The molecular weight excluding hydrogens is 146 g/mol. The van der Waals surface area contributed by atoms with Crippen LogP contribution in [0.3, 0.4) is 0 Å². The molecule has 4 heteroatoms. The molecule has 1 rings (SSSR count). The van der Waals surface area contributed by atoms with E-state index >= 15 is 0 Å². The topological polar surface area (TPSA) is 66.7 Å². The van der Waals surface area contributed by atoms with Gasteiger partial charge < -0.3 is 9.90 Å². The highest BCUT2D eigenvalue weighted by atomic mass is 16.3. The van der Waals surface area contributed by atoms with Crippen molar-refractivity contribution >= 4 is 6.29 Å². The number of aliphatic hydroxyl groups excluding tert-OH is 1. The number of hydrogen-bond donors (Lipinski definition) is 1. The Bertz CT molecular complexity index is 234. The molecule has 0 aromatic rings. The summed E-state index contributed by atoms with van der Waals surface area (Å²) in [5.74, 6) is 0.0612. The fourth-order valence-corrected chi connectivity index (χ4v) is 0.810. The summed E-state index contributed by atoms with van der Waals surface area (Å²) >= 11 is 0. The number of allylic oxidation sites excluding steroid dienone is 1. The van der Waals surface area contributed by atoms with Crippen molar-refractivity contribution in [1.29, 1.82) is 0 Å². The fraction of sp³-hybridized carbons (Fsp3) is 0.286. The lowest BCUT2D eigenvalue weighted by atomic mass is 9.94. The van der Waals surface area contributed by atoms with E-state index in [1.165, 1.54) is 18.2 Å². The molecule has 0 aliphatic heterocycles. The first-order valence-corrected chi connectivity index (χ1v) is 3.12. The van der Waals surface area contributed by atoms with Gasteiger partial charge in [-0.2, -0.15) is 0 Å². The molecule has 4 nitrogen and oxygen atoms in total. The number of nitroso groups, excluding NO2 is 1. The number of nitrogens with zero attached hydrogens (tertiary/aromatic N) is 1. The van der Waals surface area contributed by atoms with Crippen molar-refractivity contribution in [3.8, 4) is 0 Å². The summed E-state index contributed by atoms with van der Waals surface area (Å²) in [7, 11) is 0. The minimum Gasteiger partial charge on any atom is -0.508 e. The van der Waals surface area contributed by atoms with Crippen LogP contribution in [0.15, 0.2) is 29.2 Å². The molecule has 1 aliphatic rings. The number of carbonyl (C=O) groups excluding carboxylic acids is 1. The van der Waals surface area contributed by atoms with Crippen LogP contribution >= 0.6 is 0 Å². The number of rotatable bonds is 2. The molecule has 0 saturated heterocycles. The summed E-state index contributed by atoms with van der Waals surface area (Å²) in [5, 5.41) is 11.5. The van der Waals surface area contributed by atoms with Crippen LogP contribution in [0.5, 0.6) is 0 Å². The lowest BCUT2D eigenvalue weighted by Crippen LogP contribution is -2.25. The van der Waals surface area contributed by atoms with Gasteiger partial charge in [0.2, 0.25) is 0 Å². The maximum Gasteiger partial charge on any atom is 0.179 e. The molecule has 0 radical (unpaired) electrons. The smallest absolute Gasteiger partial charge is 0.179 e. The largest absolute Gasteiger partial charge is 0.508 e. The molecule has 0 aromatic carbocycles. The second-order valence-electron chi connectivity index (χ2n) is 2.37. The summed E-state index contributed by atoms with van der Waals surface area (Å²) in [6, 6.07) is 0. The summed E-state index contributed by atoms with van der Waals surface area (Å²) in [4.78, 5) is 20.5. The van der Waals surface area contributed by atoms with E-state index < -0.39 is 5.54 Å². The normalized spacial score (nSPS) is 29.3. The number of hydrogen-bond acceptors (Lipinski definition) is 4. The minimum atomic E-state index is -1.29. The van der Waals surface area contributed by atoms with E-state index in [4.69, 9.17) is 5.11 Å². The molecule has 0 spiro atoms. The van der Waals surface area contributed by atoms with Crippen LogP contribution in [0, 0.1) is 4.91 Å². The van der Waals surface area contributed by atoms with Crippen LogP contribution in [-0.4, -0.2) is 16.9 Å². The second kappa shape index (κ2) is 2.65. The molecule has 58 valence electrons. The first-order valence-electron chi connectivity index (χ1n) is 3.12. The molecule has 0 bridgehead atoms. The van der Waals surface area contributed by atoms with Crippen molar-refractivity contribution in [2.24, 2.45) is 5.18 Å². The summed E-state index contributed by atoms with van der Waals surface area (Å²) in [5.41, 5.74) is -1.29. The van der Waals surface area contributed by atoms with Crippen molar-refractivity contribution in [3.63, 3.8) is 0 Å². The number of aliphatic hydroxyl groups is 1. The third-order valence-electron chi connectivity index (χ3n) is 1.55. The Hall–Kier alpha value is -1.45. The molecule has 0 saturated carbocycles. The molecule has 0 aromatic heterocycles. The lowest BCUT2D eigenvalue weighted by Gasteiger charge is -2.15. The van der Waals surface area contributed by atoms with Crippen molar-refractivity contribution in [3.05, 3.63) is 28.9 Å². The zero-order valence-electron chi connectivity index (χ0n) is 5.73. The number of carbonyl (C=O) groups is 1. The third-order valence-corrected chi connectivity index (χ3v) is 1.55. The van der Waals surface area contributed by atoms with Gasteiger partial charge in [0.15, 0.2) is 11.8 Å². The van der Waals surface area contributed by atoms with E-state index in [1.54, 1.807) is 0 Å². The zero-order valence-corrected chi connectivity index (χ0v) is 5.73. The van der Waals surface area contributed by atoms with Crippen LogP contribution in [-0.2, 0) is 4.79 Å². The first-order chi connectivity index (χ1) is 5.22. The summed E-state index contributed by atoms with van der Waals surface area (Å²) in [6.45, 7) is 0. The molecule has 1 N–H and O–H groups in total. The van der Waals surface area contributed by atoms with Crippen LogP contribution < -0.4 is 0 Å². The van der Waals surface area contributed by atoms with E-state index in [0.717, 1.165) is 0 Å². The monoisotopic (exact) mass is 153 g/mol. The van der Waals surface area contributed by atoms with E-state index in [0.29, 0.717) is 6.29 Å². The van der Waals surface area contributed by atoms with E-state index in [1.807, 2.05) is 0 Å². The molecule has 0 heterocycles. The Kier molecular flexibility index (Phi) is 1.85. The van der Waals surface area contributed by atoms with Crippen molar-refractivity contribution in [2.75, 3.05) is 0 Å². The molecule has 0 fully saturated rings. The van der Waals surface area contributed by atoms with Crippen molar-refractivity contribution in [1.82, 2.24) is 0 Å². The van der Waals surface area contributed by atoms with Crippen LogP contribution in [0.4, 0.5) is 0 Å². The molecule has 1 aliphatic carbocycles. The van der Waals surface area contributed by atoms with Gasteiger partial charge in [0.1, 0.15) is 5.76 Å². The maximum absolute atomic E-state index is 10.4. The SMILES string of the molecule is O=CC1(N=O)C=CC(O)=CC1. The Labute approximate surface area is 63.2 Å². The van der Waals surface area contributed by atoms with Crippen LogP contribution in [0.2, 0.25) is 0 Å². The third kappa shape index (κ3) is 1.34. The average Bonchev–Trinajstić information content (AvgIpc) is 2.07. The molecule has 1 unspecified atom stereocenters. The molecule has 1 atom stereocenters. The highest BCUT2D eigenvalue weighted by Crippen LogP contribution is 2.21. The van der Waals surface area contributed by atoms with Crippen LogP contribution in [0.1, 0.15) is 6.42 Å². The van der Waals surface area contributed by atoms with Gasteiger partial charge in [0, 0.05) is 6.42 Å². The standard InChI is InChI=1S/C7H7NO3/c9-5-7(8-11)3-1-6(10)2-4-7/h1-3,5,10H,4H2. The molecule has 11 heavy (non-hydrogen) atoms. The van der Waals surface area contributed by atoms with Gasteiger partial charge in [-0.05, 0) is 18.2 Å². The van der Waals surface area contributed by atoms with E-state index in [9.17, 15) is 9.70 Å².